The van der Waals surface area contributed by atoms with E-state index < -0.39 is 25.8 Å². The highest BCUT2D eigenvalue weighted by Crippen LogP contribution is 2.47. The van der Waals surface area contributed by atoms with Crippen molar-refractivity contribution in [3.05, 3.63) is 196 Å². The number of phenolic OH excluding ortho intramolecular Hbond substituents is 1. The number of esters is 1. The molecule has 10 aromatic rings. The molecule has 0 bridgehead atoms. The number of nitrogen functional groups attached to an aromatic ring is 2. The number of carbonyl (C=O) groups excluding carboxylic acids is 7. The Morgan fingerprint density at radius 2 is 0.885 bits per heavy atom. The molecule has 0 saturated carbocycles. The minimum Gasteiger partial charge on any atom is -0.506 e. The summed E-state index contributed by atoms with van der Waals surface area (Å²) in [4.78, 5) is 150. The van der Waals surface area contributed by atoms with Crippen LogP contribution in [0.15, 0.2) is 113 Å². The second kappa shape index (κ2) is 37.6. The van der Waals surface area contributed by atoms with E-state index in [1.54, 1.807) is 24.3 Å². The number of nitro groups is 4. The number of phenols is 1. The largest absolute Gasteiger partial charge is 0.506 e. The number of rotatable bonds is 9. The smallest absolute Gasteiger partial charge is 0.306 e. The Bertz CT molecular complexity index is 6210. The van der Waals surface area contributed by atoms with Crippen LogP contribution in [-0.2, 0) is 44.8 Å². The van der Waals surface area contributed by atoms with Crippen molar-refractivity contribution in [3.63, 3.8) is 0 Å². The molecule has 14 heterocycles. The number of fused-ring (bicyclic) bond motifs is 9. The third-order valence-corrected chi connectivity index (χ3v) is 25.4. The van der Waals surface area contributed by atoms with E-state index >= 15 is 0 Å². The molecule has 1 atom stereocenters. The lowest BCUT2D eigenvalue weighted by Crippen LogP contribution is -2.48. The maximum atomic E-state index is 12.5. The molecule has 20 rings (SSSR count). The Hall–Kier alpha value is -14.2. The summed E-state index contributed by atoms with van der Waals surface area (Å²) < 4.78 is 33.2. The fourth-order valence-corrected chi connectivity index (χ4v) is 19.1. The van der Waals surface area contributed by atoms with E-state index in [0.717, 1.165) is 77.9 Å². The molecule has 0 spiro atoms. The molecule has 1 saturated heterocycles. The lowest BCUT2D eigenvalue weighted by Gasteiger charge is -2.30. The number of amides is 6. The van der Waals surface area contributed by atoms with Crippen molar-refractivity contribution in [1.82, 2.24) is 41.2 Å². The van der Waals surface area contributed by atoms with E-state index in [-0.39, 0.29) is 111 Å². The predicted octanol–water partition coefficient (Wildman–Crippen LogP) is 12.5. The van der Waals surface area contributed by atoms with Crippen LogP contribution in [0.1, 0.15) is 130 Å². The highest BCUT2D eigenvalue weighted by molar-refractivity contribution is 9.11. The van der Waals surface area contributed by atoms with Gasteiger partial charge in [-0.05, 0) is 132 Å². The maximum Gasteiger partial charge on any atom is 0.306 e. The summed E-state index contributed by atoms with van der Waals surface area (Å²) >= 11 is 8.77. The fourth-order valence-electron chi connectivity index (χ4n) is 14.6. The minimum atomic E-state index is -0.761. The third kappa shape index (κ3) is 21.6. The number of halogens is 1. The number of nitro benzene ring substituents is 4. The fraction of sp³-hybridized carbons (Fsp3) is 0.337. The number of benzene rings is 6. The molecule has 4 aromatic heterocycles. The van der Waals surface area contributed by atoms with Crippen LogP contribution < -0.4 is 87.1 Å². The number of carbonyl (C=O) groups is 7. The van der Waals surface area contributed by atoms with Crippen molar-refractivity contribution in [3.8, 4) is 34.5 Å². The number of anilines is 11. The van der Waals surface area contributed by atoms with Gasteiger partial charge in [0, 0.05) is 127 Å². The molecule has 42 nitrogen and oxygen atoms in total. The summed E-state index contributed by atoms with van der Waals surface area (Å²) in [5.74, 6) is 1.75. The zero-order chi connectivity index (χ0) is 93.2. The molecule has 0 unspecified atom stereocenters. The van der Waals surface area contributed by atoms with Crippen LogP contribution in [0.5, 0.6) is 34.5 Å². The van der Waals surface area contributed by atoms with Crippen molar-refractivity contribution in [2.45, 2.75) is 122 Å². The quantitative estimate of drug-likeness (QED) is 0.0211. The van der Waals surface area contributed by atoms with Gasteiger partial charge in [0.05, 0.1) is 96.2 Å². The number of ether oxygens (including phenoxy) is 6. The van der Waals surface area contributed by atoms with E-state index in [1.165, 1.54) is 99.9 Å². The molecule has 130 heavy (non-hydrogen) atoms. The van der Waals surface area contributed by atoms with Crippen LogP contribution in [0.4, 0.5) is 83.6 Å². The number of hydrogen-bond acceptors (Lipinski definition) is 36. The van der Waals surface area contributed by atoms with Crippen LogP contribution in [0.25, 0.3) is 0 Å². The average Bonchev–Trinajstić information content (AvgIpc) is 1.63. The standard InChI is InChI=1S/C21H22N4O5S.C16H16N4O4S.C16H18N4O2S.C8H9BrN2OS.C8H6N2O4.C8H8N2O3.C6H6N2O3/c1-21(2)10-12-17(19(28)24-21)31-20(23-12)25-7-8-29-14-4-3-11(9-13(14)25)22-18(27)15-5-6-16(26)30-15;1-16(2)8-10-13(14(21)18-16)25-15(17-10)19-5-6-24-12-4-3-9(20(22)23)7-11(12)19;1-16(2)8-10-13(14(21)19-16)23-15(18-10)20-5-6-22-12-4-3-9(17)7-11(12)20;1-8(2)3-4-5(6(12)11-8)13-7(9)10-4;11-8-4-14-7-2-1-5(10(12)13)3-6(7)9-8;11-10(12)6-1-2-8-7(5-6)9-3-4-13-8;7-5-3-4(8(10)11)1-2-6(5)9/h3-4,9,15H,5-8,10H2,1-2H3,(H,22,27)(H,24,28);3-4,7H,5-6,8H2,1-2H3,(H,18,21);3-4,7H,5-6,8,17H2,1-2H3,(H,19,21);3H2,1-2H3,(H,11,12);1-3H,4H2,(H,9,11);1-2,5,9H,3-4H2;1-3,9H,7H2/t15-;;;;;;/m1....../s1. The van der Waals surface area contributed by atoms with Crippen molar-refractivity contribution in [1.29, 1.82) is 0 Å². The minimum absolute atomic E-state index is 0.00514. The first kappa shape index (κ1) is 92.0. The molecule has 1 fully saturated rings. The van der Waals surface area contributed by atoms with E-state index in [4.69, 9.17) is 55.0 Å². The second-order valence-electron chi connectivity index (χ2n) is 32.9. The monoisotopic (exact) mass is 1920 g/mol. The van der Waals surface area contributed by atoms with Gasteiger partial charge in [-0.15, -0.1) is 11.3 Å². The van der Waals surface area contributed by atoms with Gasteiger partial charge in [-0.3, -0.25) is 74.0 Å². The summed E-state index contributed by atoms with van der Waals surface area (Å²) in [5, 5.41) is 73.4. The van der Waals surface area contributed by atoms with Crippen LogP contribution in [-0.4, -0.2) is 174 Å². The summed E-state index contributed by atoms with van der Waals surface area (Å²) in [6.45, 7) is 20.4. The lowest BCUT2D eigenvalue weighted by atomic mass is 9.94. The molecule has 10 aliphatic rings. The molecule has 6 amide bonds. The van der Waals surface area contributed by atoms with Crippen LogP contribution in [0.2, 0.25) is 0 Å². The second-order valence-corrected chi connectivity index (χ2v) is 38.1. The van der Waals surface area contributed by atoms with E-state index in [2.05, 4.69) is 68.0 Å². The van der Waals surface area contributed by atoms with Crippen molar-refractivity contribution in [2.24, 2.45) is 0 Å². The molecular weight excluding hydrogens is 1840 g/mol. The highest BCUT2D eigenvalue weighted by Gasteiger charge is 2.41. The number of nitrogens with zero attached hydrogens (tertiary/aromatic N) is 11. The van der Waals surface area contributed by atoms with Gasteiger partial charge >= 0.3 is 5.97 Å². The zero-order valence-electron chi connectivity index (χ0n) is 70.7. The van der Waals surface area contributed by atoms with Gasteiger partial charge in [0.2, 0.25) is 0 Å². The molecule has 12 N–H and O–H groups in total. The molecule has 6 aromatic carbocycles. The Morgan fingerprint density at radius 3 is 1.35 bits per heavy atom. The molecular formula is C83H85BrN20O22S4. The van der Waals surface area contributed by atoms with Crippen molar-refractivity contribution < 1.29 is 86.8 Å². The van der Waals surface area contributed by atoms with E-state index in [9.17, 15) is 74.0 Å². The van der Waals surface area contributed by atoms with Crippen LogP contribution in [0.3, 0.4) is 0 Å². The number of cyclic esters (lactones) is 1. The maximum absolute atomic E-state index is 12.5. The Labute approximate surface area is 763 Å². The molecule has 10 aliphatic heterocycles. The Balaban J connectivity index is 0.000000126. The average molecular weight is 1920 g/mol. The first-order chi connectivity index (χ1) is 61.6. The predicted molar refractivity (Wildman–Crippen MR) is 486 cm³/mol. The number of hydrogen-bond donors (Lipinski definition) is 10. The van der Waals surface area contributed by atoms with Crippen molar-refractivity contribution in [2.75, 3.05) is 101 Å². The first-order valence-electron chi connectivity index (χ1n) is 40.2. The number of non-ortho nitro benzene ring substituents is 4. The summed E-state index contributed by atoms with van der Waals surface area (Å²) in [7, 11) is 0. The number of aromatic nitrogens is 4. The number of nitrogens with two attached hydrogens (primary N) is 2. The van der Waals surface area contributed by atoms with Gasteiger partial charge in [-0.1, -0.05) is 34.0 Å². The lowest BCUT2D eigenvalue weighted by molar-refractivity contribution is -0.385. The van der Waals surface area contributed by atoms with Gasteiger partial charge in [0.15, 0.2) is 32.0 Å². The van der Waals surface area contributed by atoms with Crippen molar-refractivity contribution >= 4 is 186 Å². The molecule has 0 radical (unpaired) electrons. The first-order valence-corrected chi connectivity index (χ1v) is 44.2. The van der Waals surface area contributed by atoms with E-state index in [1.807, 2.05) is 89.5 Å². The van der Waals surface area contributed by atoms with Gasteiger partial charge in [-0.2, -0.15) is 0 Å². The van der Waals surface area contributed by atoms with Crippen LogP contribution >= 0.6 is 61.3 Å². The Kier molecular flexibility index (Phi) is 26.6. The van der Waals surface area contributed by atoms with Gasteiger partial charge in [-0.25, -0.2) is 19.9 Å². The van der Waals surface area contributed by atoms with Crippen LogP contribution in [0, 0.1) is 40.5 Å². The highest BCUT2D eigenvalue weighted by atomic mass is 79.9. The molecule has 0 aliphatic carbocycles. The normalized spacial score (nSPS) is 17.5. The summed E-state index contributed by atoms with van der Waals surface area (Å²) in [6.07, 6.45) is 2.73. The number of thiazole rings is 4. The van der Waals surface area contributed by atoms with Gasteiger partial charge < -0.3 is 96.9 Å². The Morgan fingerprint density at radius 1 is 0.492 bits per heavy atom. The molecule has 47 heteroatoms. The van der Waals surface area contributed by atoms with E-state index in [0.29, 0.717) is 143 Å². The zero-order valence-corrected chi connectivity index (χ0v) is 75.5. The molecule has 680 valence electrons. The number of aromatic hydroxyl groups is 1. The SMILES string of the molecule is CC1(C)Cc2nc(Br)sc2C(=O)N1.CC1(C)Cc2nc(N3CCOc4ccc(N)cc43)sc2C(=O)N1.CC1(C)Cc2nc(N3CCOc4ccc(NC(=O)[C@H]5CCC(=O)O5)cc43)sc2C(=O)N1.CC1(C)Cc2nc(N3CCOc4ccc([N+](=O)[O-])cc43)sc2C(=O)N1.Nc1cc([N+](=O)[O-])ccc1O.O=C1COc2ccc([N+](=O)[O-])cc2N1.O=[N+]([O-])c1ccc2c(c1)NCCO2. The van der Waals surface area contributed by atoms with Gasteiger partial charge in [0.1, 0.15) is 80.4 Å². The number of nitrogens with one attached hydrogen (secondary N) is 7. The summed E-state index contributed by atoms with van der Waals surface area (Å²) in [6, 6.07) is 27.5. The third-order valence-electron chi connectivity index (χ3n) is 20.5. The topological polar surface area (TPSA) is 565 Å². The summed E-state index contributed by atoms with van der Waals surface area (Å²) in [5.41, 5.74) is 17.8. The van der Waals surface area contributed by atoms with Gasteiger partial charge in [0.25, 0.3) is 58.2 Å².